The van der Waals surface area contributed by atoms with Crippen LogP contribution >= 0.6 is 0 Å². The van der Waals surface area contributed by atoms with E-state index in [4.69, 9.17) is 0 Å². The second-order valence-corrected chi connectivity index (χ2v) is 8.15. The lowest BCUT2D eigenvalue weighted by Crippen LogP contribution is -2.62. The Balaban J connectivity index is 2.40. The Morgan fingerprint density at radius 3 is 2.47 bits per heavy atom. The van der Waals surface area contributed by atoms with Gasteiger partial charge in [-0.2, -0.15) is 0 Å². The number of hydrogen-bond acceptors (Lipinski definition) is 3. The molecule has 15 heavy (non-hydrogen) atoms. The molecule has 2 rings (SSSR count). The van der Waals surface area contributed by atoms with Crippen LogP contribution in [0, 0.1) is 5.41 Å². The van der Waals surface area contributed by atoms with Crippen molar-refractivity contribution in [3.05, 3.63) is 0 Å². The normalized spacial score (nSPS) is 36.5. The zero-order valence-electron chi connectivity index (χ0n) is 9.91. The summed E-state index contributed by atoms with van der Waals surface area (Å²) in [5.74, 6) is 0.717. The van der Waals surface area contributed by atoms with Crippen LogP contribution in [0.1, 0.15) is 33.6 Å². The van der Waals surface area contributed by atoms with Gasteiger partial charge < -0.3 is 0 Å². The van der Waals surface area contributed by atoms with E-state index in [0.29, 0.717) is 11.5 Å². The summed E-state index contributed by atoms with van der Waals surface area (Å²) in [5, 5.41) is 0. The third-order valence-corrected chi connectivity index (χ3v) is 5.87. The molecule has 88 valence electrons. The monoisotopic (exact) mass is 231 g/mol. The minimum absolute atomic E-state index is 0.0526. The highest BCUT2D eigenvalue weighted by Gasteiger charge is 2.53. The van der Waals surface area contributed by atoms with E-state index in [-0.39, 0.29) is 11.0 Å². The Kier molecular flexibility index (Phi) is 2.43. The molecule has 2 aliphatic rings. The fraction of sp³-hybridized carbons (Fsp3) is 1.00. The number of fused-ring (bicyclic) bond motifs is 1. The molecule has 0 amide bonds. The average molecular weight is 231 g/mol. The van der Waals surface area contributed by atoms with Crippen molar-refractivity contribution in [2.24, 2.45) is 5.41 Å². The predicted octanol–water partition coefficient (Wildman–Crippen LogP) is 1.30. The van der Waals surface area contributed by atoms with Crippen LogP contribution in [0.25, 0.3) is 0 Å². The molecule has 0 aromatic heterocycles. The van der Waals surface area contributed by atoms with Crippen molar-refractivity contribution in [1.82, 2.24) is 4.90 Å². The lowest BCUT2D eigenvalue weighted by molar-refractivity contribution is 0.0452. The van der Waals surface area contributed by atoms with Gasteiger partial charge in [-0.15, -0.1) is 0 Å². The van der Waals surface area contributed by atoms with Gasteiger partial charge in [0.15, 0.2) is 9.84 Å². The summed E-state index contributed by atoms with van der Waals surface area (Å²) in [6, 6.07) is 0. The maximum atomic E-state index is 11.8. The van der Waals surface area contributed by atoms with E-state index in [1.165, 1.54) is 0 Å². The smallest absolute Gasteiger partial charge is 0.153 e. The van der Waals surface area contributed by atoms with Crippen LogP contribution in [0.15, 0.2) is 0 Å². The molecule has 0 spiro atoms. The van der Waals surface area contributed by atoms with Gasteiger partial charge in [0.25, 0.3) is 0 Å². The Labute approximate surface area is 92.8 Å². The molecule has 0 bridgehead atoms. The molecule has 0 aliphatic carbocycles. The van der Waals surface area contributed by atoms with Crippen molar-refractivity contribution in [1.29, 1.82) is 0 Å². The first kappa shape index (κ1) is 11.4. The summed E-state index contributed by atoms with van der Waals surface area (Å²) in [5.41, 5.74) is -0.0406. The highest BCUT2D eigenvalue weighted by molar-refractivity contribution is 7.91. The number of sulfone groups is 1. The standard InChI is InChI=1S/C11H21NO2S/c1-10(2,3)11-5-4-6-12(11)7-8-15(13,14)9-11/h4-9H2,1-3H3. The van der Waals surface area contributed by atoms with Crippen molar-refractivity contribution in [2.45, 2.75) is 39.2 Å². The van der Waals surface area contributed by atoms with Crippen molar-refractivity contribution < 1.29 is 8.42 Å². The second-order valence-electron chi connectivity index (χ2n) is 5.96. The largest absolute Gasteiger partial charge is 0.295 e. The van der Waals surface area contributed by atoms with Gasteiger partial charge in [0.1, 0.15) is 0 Å². The van der Waals surface area contributed by atoms with E-state index in [1.807, 2.05) is 0 Å². The van der Waals surface area contributed by atoms with Crippen LogP contribution in [0.5, 0.6) is 0 Å². The van der Waals surface area contributed by atoms with Gasteiger partial charge in [0.05, 0.1) is 11.5 Å². The molecule has 2 saturated heterocycles. The predicted molar refractivity (Wildman–Crippen MR) is 61.6 cm³/mol. The van der Waals surface area contributed by atoms with E-state index in [9.17, 15) is 8.42 Å². The van der Waals surface area contributed by atoms with Crippen LogP contribution in [0.3, 0.4) is 0 Å². The van der Waals surface area contributed by atoms with E-state index < -0.39 is 9.84 Å². The quantitative estimate of drug-likeness (QED) is 0.630. The van der Waals surface area contributed by atoms with Gasteiger partial charge in [0.2, 0.25) is 0 Å². The molecule has 1 atom stereocenters. The van der Waals surface area contributed by atoms with Crippen LogP contribution in [-0.4, -0.2) is 43.5 Å². The minimum Gasteiger partial charge on any atom is -0.295 e. The molecule has 0 aromatic rings. The van der Waals surface area contributed by atoms with Crippen molar-refractivity contribution >= 4 is 9.84 Å². The Morgan fingerprint density at radius 1 is 1.20 bits per heavy atom. The van der Waals surface area contributed by atoms with Crippen molar-refractivity contribution in [3.8, 4) is 0 Å². The SMILES string of the molecule is CC(C)(C)C12CCCN1CCS(=O)(=O)C2. The van der Waals surface area contributed by atoms with Crippen LogP contribution in [-0.2, 0) is 9.84 Å². The molecule has 0 saturated carbocycles. The third kappa shape index (κ3) is 1.72. The van der Waals surface area contributed by atoms with Crippen LogP contribution in [0.2, 0.25) is 0 Å². The summed E-state index contributed by atoms with van der Waals surface area (Å²) >= 11 is 0. The van der Waals surface area contributed by atoms with Gasteiger partial charge in [0, 0.05) is 12.1 Å². The summed E-state index contributed by atoms with van der Waals surface area (Å²) in [6.07, 6.45) is 2.18. The van der Waals surface area contributed by atoms with E-state index in [1.54, 1.807) is 0 Å². The minimum atomic E-state index is -2.82. The summed E-state index contributed by atoms with van der Waals surface area (Å²) < 4.78 is 23.6. The van der Waals surface area contributed by atoms with Crippen LogP contribution < -0.4 is 0 Å². The number of nitrogens with zero attached hydrogens (tertiary/aromatic N) is 1. The van der Waals surface area contributed by atoms with E-state index >= 15 is 0 Å². The highest BCUT2D eigenvalue weighted by atomic mass is 32.2. The second kappa shape index (κ2) is 3.20. The van der Waals surface area contributed by atoms with Gasteiger partial charge >= 0.3 is 0 Å². The highest BCUT2D eigenvalue weighted by Crippen LogP contribution is 2.46. The van der Waals surface area contributed by atoms with Crippen molar-refractivity contribution in [2.75, 3.05) is 24.6 Å². The van der Waals surface area contributed by atoms with Gasteiger partial charge in [-0.05, 0) is 24.8 Å². The topological polar surface area (TPSA) is 37.4 Å². The first-order valence-corrected chi connectivity index (χ1v) is 7.55. The fourth-order valence-electron chi connectivity index (χ4n) is 3.17. The Bertz CT molecular complexity index is 355. The maximum absolute atomic E-state index is 11.8. The molecule has 1 unspecified atom stereocenters. The lowest BCUT2D eigenvalue weighted by Gasteiger charge is -2.50. The average Bonchev–Trinajstić information content (AvgIpc) is 2.44. The van der Waals surface area contributed by atoms with Gasteiger partial charge in [-0.25, -0.2) is 8.42 Å². The van der Waals surface area contributed by atoms with Gasteiger partial charge in [-0.1, -0.05) is 20.8 Å². The molecule has 0 radical (unpaired) electrons. The Morgan fingerprint density at radius 2 is 1.87 bits per heavy atom. The van der Waals surface area contributed by atoms with E-state index in [0.717, 1.165) is 25.9 Å². The summed E-state index contributed by atoms with van der Waals surface area (Å²) in [7, 11) is -2.82. The summed E-state index contributed by atoms with van der Waals surface area (Å²) in [4.78, 5) is 2.41. The first-order valence-electron chi connectivity index (χ1n) is 5.72. The fourth-order valence-corrected chi connectivity index (χ4v) is 5.31. The molecule has 2 aliphatic heterocycles. The first-order chi connectivity index (χ1) is 6.77. The summed E-state index contributed by atoms with van der Waals surface area (Å²) in [6.45, 7) is 8.33. The van der Waals surface area contributed by atoms with Gasteiger partial charge in [-0.3, -0.25) is 4.90 Å². The number of rotatable bonds is 0. The molecular weight excluding hydrogens is 210 g/mol. The zero-order valence-corrected chi connectivity index (χ0v) is 10.7. The maximum Gasteiger partial charge on any atom is 0.153 e. The molecule has 3 nitrogen and oxygen atoms in total. The Hall–Kier alpha value is -0.0900. The van der Waals surface area contributed by atoms with E-state index in [2.05, 4.69) is 25.7 Å². The van der Waals surface area contributed by atoms with Crippen LogP contribution in [0.4, 0.5) is 0 Å². The van der Waals surface area contributed by atoms with Crippen molar-refractivity contribution in [3.63, 3.8) is 0 Å². The molecule has 2 fully saturated rings. The molecular formula is C11H21NO2S. The molecule has 0 N–H and O–H groups in total. The molecule has 4 heteroatoms. The molecule has 0 aromatic carbocycles. The number of hydrogen-bond donors (Lipinski definition) is 0. The molecule has 2 heterocycles. The lowest BCUT2D eigenvalue weighted by atomic mass is 9.73. The third-order valence-electron chi connectivity index (χ3n) is 4.15. The zero-order chi connectivity index (χ0) is 11.3.